The predicted molar refractivity (Wildman–Crippen MR) is 76.7 cm³/mol. The van der Waals surface area contributed by atoms with Crippen LogP contribution in [0.2, 0.25) is 5.15 Å². The molecule has 1 saturated heterocycles. The van der Waals surface area contributed by atoms with E-state index in [0.717, 1.165) is 22.4 Å². The lowest BCUT2D eigenvalue weighted by Crippen LogP contribution is -2.36. The lowest BCUT2D eigenvalue weighted by atomic mass is 10.2. The predicted octanol–water partition coefficient (Wildman–Crippen LogP) is 1.88. The van der Waals surface area contributed by atoms with Crippen LogP contribution in [0.5, 0.6) is 0 Å². The zero-order valence-corrected chi connectivity index (χ0v) is 13.2. The number of halogens is 2. The zero-order valence-electron chi connectivity index (χ0n) is 10.3. The van der Waals surface area contributed by atoms with Gasteiger partial charge in [0.1, 0.15) is 11.3 Å². The summed E-state index contributed by atoms with van der Waals surface area (Å²) in [5.41, 5.74) is 0.810. The quantitative estimate of drug-likeness (QED) is 0.589. The Morgan fingerprint density at radius 3 is 3.00 bits per heavy atom. The highest BCUT2D eigenvalue weighted by Crippen LogP contribution is 2.25. The third kappa shape index (κ3) is 3.30. The Morgan fingerprint density at radius 1 is 1.56 bits per heavy atom. The van der Waals surface area contributed by atoms with E-state index in [1.165, 1.54) is 0 Å². The molecule has 1 atom stereocenters. The Hall–Kier alpha value is -0.0200. The SMILES string of the molecule is COCc1nc(C2CN(C)CCO2)nc(Cl)c1I. The van der Waals surface area contributed by atoms with Gasteiger partial charge in [-0.3, -0.25) is 0 Å². The Balaban J connectivity index is 2.27. The van der Waals surface area contributed by atoms with Crippen molar-refractivity contribution in [3.05, 3.63) is 20.2 Å². The molecule has 0 saturated carbocycles. The molecule has 0 spiro atoms. The molecule has 0 N–H and O–H groups in total. The van der Waals surface area contributed by atoms with Gasteiger partial charge in [-0.15, -0.1) is 0 Å². The topological polar surface area (TPSA) is 47.5 Å². The zero-order chi connectivity index (χ0) is 13.1. The van der Waals surface area contributed by atoms with E-state index in [0.29, 0.717) is 24.2 Å². The number of nitrogens with zero attached hydrogens (tertiary/aromatic N) is 3. The molecular weight excluding hydrogens is 368 g/mol. The summed E-state index contributed by atoms with van der Waals surface area (Å²) in [6.45, 7) is 2.83. The third-order valence-corrected chi connectivity index (χ3v) is 4.46. The van der Waals surface area contributed by atoms with Crippen molar-refractivity contribution < 1.29 is 9.47 Å². The Bertz CT molecular complexity index is 433. The number of ether oxygens (including phenoxy) is 2. The van der Waals surface area contributed by atoms with Crippen molar-refractivity contribution in [1.82, 2.24) is 14.9 Å². The van der Waals surface area contributed by atoms with E-state index in [9.17, 15) is 0 Å². The number of methoxy groups -OCH3 is 1. The summed E-state index contributed by atoms with van der Waals surface area (Å²) < 4.78 is 11.7. The summed E-state index contributed by atoms with van der Waals surface area (Å²) in [7, 11) is 3.69. The fraction of sp³-hybridized carbons (Fsp3) is 0.636. The van der Waals surface area contributed by atoms with E-state index >= 15 is 0 Å². The molecule has 1 aromatic heterocycles. The van der Waals surface area contributed by atoms with Crippen LogP contribution in [0.3, 0.4) is 0 Å². The summed E-state index contributed by atoms with van der Waals surface area (Å²) in [6, 6.07) is 0. The molecule has 5 nitrogen and oxygen atoms in total. The number of hydrogen-bond donors (Lipinski definition) is 0. The van der Waals surface area contributed by atoms with Crippen LogP contribution in [-0.4, -0.2) is 48.7 Å². The highest BCUT2D eigenvalue weighted by molar-refractivity contribution is 14.1. The molecule has 18 heavy (non-hydrogen) atoms. The fourth-order valence-electron chi connectivity index (χ4n) is 1.79. The standard InChI is InChI=1S/C11H15ClIN3O2/c1-16-3-4-18-8(5-16)11-14-7(6-17-2)9(13)10(12)15-11/h8H,3-6H2,1-2H3. The minimum absolute atomic E-state index is 0.117. The van der Waals surface area contributed by atoms with Crippen LogP contribution < -0.4 is 0 Å². The van der Waals surface area contributed by atoms with Gasteiger partial charge in [0, 0.05) is 20.2 Å². The highest BCUT2D eigenvalue weighted by Gasteiger charge is 2.24. The van der Waals surface area contributed by atoms with Gasteiger partial charge in [-0.1, -0.05) is 11.6 Å². The molecule has 0 radical (unpaired) electrons. The molecule has 1 aliphatic heterocycles. The molecule has 100 valence electrons. The summed E-state index contributed by atoms with van der Waals surface area (Å²) in [6.07, 6.45) is -0.117. The maximum atomic E-state index is 6.13. The molecule has 1 fully saturated rings. The van der Waals surface area contributed by atoms with Crippen LogP contribution in [0.1, 0.15) is 17.6 Å². The first-order valence-electron chi connectivity index (χ1n) is 5.62. The van der Waals surface area contributed by atoms with E-state index in [1.54, 1.807) is 7.11 Å². The van der Waals surface area contributed by atoms with Gasteiger partial charge in [0.15, 0.2) is 5.82 Å². The van der Waals surface area contributed by atoms with Crippen LogP contribution in [0.4, 0.5) is 0 Å². The van der Waals surface area contributed by atoms with E-state index in [2.05, 4.69) is 44.5 Å². The smallest absolute Gasteiger partial charge is 0.160 e. The molecule has 0 amide bonds. The van der Waals surface area contributed by atoms with Crippen LogP contribution >= 0.6 is 34.2 Å². The van der Waals surface area contributed by atoms with Crippen LogP contribution in [0.15, 0.2) is 0 Å². The first kappa shape index (κ1) is 14.4. The largest absolute Gasteiger partial charge is 0.378 e. The number of rotatable bonds is 3. The lowest BCUT2D eigenvalue weighted by Gasteiger charge is -2.29. The van der Waals surface area contributed by atoms with E-state index in [-0.39, 0.29) is 6.10 Å². The Kier molecular flexibility index (Phi) is 5.14. The number of morpholine rings is 1. The summed E-state index contributed by atoms with van der Waals surface area (Å²) >= 11 is 8.26. The average molecular weight is 384 g/mol. The molecule has 1 unspecified atom stereocenters. The average Bonchev–Trinajstić information content (AvgIpc) is 2.35. The molecule has 1 aromatic rings. The van der Waals surface area contributed by atoms with Crippen molar-refractivity contribution >= 4 is 34.2 Å². The normalized spacial score (nSPS) is 21.2. The summed E-state index contributed by atoms with van der Waals surface area (Å²) in [5, 5.41) is 0.462. The molecule has 7 heteroatoms. The van der Waals surface area contributed by atoms with Crippen molar-refractivity contribution in [1.29, 1.82) is 0 Å². The van der Waals surface area contributed by atoms with Crippen molar-refractivity contribution in [2.75, 3.05) is 33.9 Å². The van der Waals surface area contributed by atoms with E-state index < -0.39 is 0 Å². The lowest BCUT2D eigenvalue weighted by molar-refractivity contribution is -0.0257. The van der Waals surface area contributed by atoms with Crippen molar-refractivity contribution in [3.63, 3.8) is 0 Å². The molecule has 0 aromatic carbocycles. The second-order valence-corrected chi connectivity index (χ2v) is 5.62. The summed E-state index contributed by atoms with van der Waals surface area (Å²) in [5.74, 6) is 0.638. The third-order valence-electron chi connectivity index (χ3n) is 2.74. The number of hydrogen-bond acceptors (Lipinski definition) is 5. The second-order valence-electron chi connectivity index (χ2n) is 4.19. The molecule has 1 aliphatic rings. The van der Waals surface area contributed by atoms with Crippen molar-refractivity contribution in [3.8, 4) is 0 Å². The summed E-state index contributed by atoms with van der Waals surface area (Å²) in [4.78, 5) is 11.0. The monoisotopic (exact) mass is 383 g/mol. The molecule has 2 heterocycles. The maximum absolute atomic E-state index is 6.13. The van der Waals surface area contributed by atoms with Crippen LogP contribution in [-0.2, 0) is 16.1 Å². The van der Waals surface area contributed by atoms with Gasteiger partial charge in [0.05, 0.1) is 22.5 Å². The first-order valence-corrected chi connectivity index (χ1v) is 7.08. The van der Waals surface area contributed by atoms with E-state index in [1.807, 2.05) is 0 Å². The molecule has 0 aliphatic carbocycles. The van der Waals surface area contributed by atoms with Gasteiger partial charge in [-0.25, -0.2) is 9.97 Å². The van der Waals surface area contributed by atoms with Gasteiger partial charge < -0.3 is 14.4 Å². The fourth-order valence-corrected chi connectivity index (χ4v) is 2.38. The van der Waals surface area contributed by atoms with Gasteiger partial charge in [0.2, 0.25) is 0 Å². The van der Waals surface area contributed by atoms with E-state index in [4.69, 9.17) is 21.1 Å². The molecule has 2 rings (SSSR count). The molecule has 0 bridgehead atoms. The highest BCUT2D eigenvalue weighted by atomic mass is 127. The second kappa shape index (κ2) is 6.42. The minimum Gasteiger partial charge on any atom is -0.378 e. The van der Waals surface area contributed by atoms with Gasteiger partial charge >= 0.3 is 0 Å². The Morgan fingerprint density at radius 2 is 2.33 bits per heavy atom. The maximum Gasteiger partial charge on any atom is 0.160 e. The van der Waals surface area contributed by atoms with Gasteiger partial charge in [0.25, 0.3) is 0 Å². The van der Waals surface area contributed by atoms with Crippen molar-refractivity contribution in [2.45, 2.75) is 12.7 Å². The number of likely N-dealkylation sites (N-methyl/N-ethyl adjacent to an activating group) is 1. The van der Waals surface area contributed by atoms with Crippen LogP contribution in [0.25, 0.3) is 0 Å². The minimum atomic E-state index is -0.117. The first-order chi connectivity index (χ1) is 8.61. The van der Waals surface area contributed by atoms with Gasteiger partial charge in [-0.05, 0) is 29.6 Å². The Labute approximate surface area is 125 Å². The van der Waals surface area contributed by atoms with Crippen molar-refractivity contribution in [2.24, 2.45) is 0 Å². The van der Waals surface area contributed by atoms with Crippen LogP contribution in [0, 0.1) is 3.57 Å². The van der Waals surface area contributed by atoms with Gasteiger partial charge in [-0.2, -0.15) is 0 Å². The molecular formula is C11H15ClIN3O2. The number of aromatic nitrogens is 2.